The van der Waals surface area contributed by atoms with Crippen molar-refractivity contribution in [3.63, 3.8) is 0 Å². The molecule has 3 aromatic carbocycles. The summed E-state index contributed by atoms with van der Waals surface area (Å²) in [4.78, 5) is 32.4. The third-order valence-corrected chi connectivity index (χ3v) is 5.44. The lowest BCUT2D eigenvalue weighted by Gasteiger charge is -2.09. The van der Waals surface area contributed by atoms with Crippen LogP contribution >= 0.6 is 0 Å². The third kappa shape index (κ3) is 3.12. The fraction of sp³-hybridized carbons (Fsp3) is 0.0769. The zero-order valence-corrected chi connectivity index (χ0v) is 16.7. The van der Waals surface area contributed by atoms with Crippen molar-refractivity contribution < 1.29 is 0 Å². The predicted molar refractivity (Wildman–Crippen MR) is 123 cm³/mol. The van der Waals surface area contributed by atoms with Gasteiger partial charge in [0.1, 0.15) is 0 Å². The largest absolute Gasteiger partial charge is 0.354 e. The van der Waals surface area contributed by atoms with Crippen LogP contribution < -0.4 is 10.9 Å². The minimum absolute atomic E-state index is 0.0797. The fourth-order valence-electron chi connectivity index (χ4n) is 3.93. The number of fused-ring (bicyclic) bond motifs is 2. The smallest absolute Gasteiger partial charge is 0.190 e. The first kappa shape index (κ1) is 18.1. The minimum atomic E-state index is -0.0797. The number of nitrogens with one attached hydrogen (secondary N) is 2. The van der Waals surface area contributed by atoms with Gasteiger partial charge in [-0.3, -0.25) is 9.59 Å². The van der Waals surface area contributed by atoms with Crippen LogP contribution in [0.4, 0.5) is 0 Å². The molecule has 0 atom stereocenters. The Bertz CT molecular complexity index is 1440. The number of aromatic amines is 2. The SMILES string of the molecule is Cc1cccc(-c2cc(=O)c3cc4[nH]c(-c5cccc(C)c5)cc(=O)c4cc3[nH]2)c1. The first-order valence-corrected chi connectivity index (χ1v) is 9.86. The van der Waals surface area contributed by atoms with Crippen molar-refractivity contribution in [2.75, 3.05) is 0 Å². The number of aromatic nitrogens is 2. The van der Waals surface area contributed by atoms with Gasteiger partial charge in [0.05, 0.1) is 11.0 Å². The molecule has 0 amide bonds. The average molecular weight is 392 g/mol. The normalized spacial score (nSPS) is 11.3. The van der Waals surface area contributed by atoms with Crippen LogP contribution in [-0.2, 0) is 0 Å². The molecule has 2 aromatic heterocycles. The van der Waals surface area contributed by atoms with E-state index in [-0.39, 0.29) is 10.9 Å². The summed E-state index contributed by atoms with van der Waals surface area (Å²) in [6.07, 6.45) is 0. The number of benzene rings is 3. The topological polar surface area (TPSA) is 65.7 Å². The lowest BCUT2D eigenvalue weighted by molar-refractivity contribution is 1.35. The first-order valence-electron chi connectivity index (χ1n) is 9.86. The van der Waals surface area contributed by atoms with Gasteiger partial charge in [-0.15, -0.1) is 0 Å². The standard InChI is InChI=1S/C26H20N2O2/c1-15-5-3-7-17(9-15)21-13-25(29)19-12-24-20(11-23(19)27-21)26(30)14-22(28-24)18-8-4-6-16(2)10-18/h3-14H,1-2H3,(H,27,29)(H,28,30). The molecule has 0 spiro atoms. The van der Waals surface area contributed by atoms with Gasteiger partial charge in [-0.1, -0.05) is 47.5 Å². The first-order chi connectivity index (χ1) is 14.5. The Morgan fingerprint density at radius 2 is 1.00 bits per heavy atom. The van der Waals surface area contributed by atoms with E-state index in [2.05, 4.69) is 9.97 Å². The maximum atomic E-state index is 12.9. The van der Waals surface area contributed by atoms with Crippen LogP contribution in [-0.4, -0.2) is 9.97 Å². The van der Waals surface area contributed by atoms with Crippen LogP contribution in [0.3, 0.4) is 0 Å². The molecule has 0 aliphatic heterocycles. The molecule has 2 N–H and O–H groups in total. The molecule has 0 unspecified atom stereocenters. The summed E-state index contributed by atoms with van der Waals surface area (Å²) >= 11 is 0. The number of pyridine rings is 2. The lowest BCUT2D eigenvalue weighted by atomic mass is 10.0. The highest BCUT2D eigenvalue weighted by atomic mass is 16.1. The second kappa shape index (κ2) is 6.85. The second-order valence-electron chi connectivity index (χ2n) is 7.78. The third-order valence-electron chi connectivity index (χ3n) is 5.44. The Hall–Kier alpha value is -3.92. The van der Waals surface area contributed by atoms with Gasteiger partial charge in [-0.2, -0.15) is 0 Å². The van der Waals surface area contributed by atoms with Gasteiger partial charge < -0.3 is 9.97 Å². The van der Waals surface area contributed by atoms with Crippen LogP contribution in [0.2, 0.25) is 0 Å². The summed E-state index contributed by atoms with van der Waals surface area (Å²) < 4.78 is 0. The van der Waals surface area contributed by atoms with Crippen LogP contribution in [0, 0.1) is 13.8 Å². The van der Waals surface area contributed by atoms with Gasteiger partial charge in [0, 0.05) is 34.3 Å². The lowest BCUT2D eigenvalue weighted by Crippen LogP contribution is -2.07. The van der Waals surface area contributed by atoms with Crippen molar-refractivity contribution in [3.8, 4) is 22.5 Å². The molecular formula is C26H20N2O2. The molecule has 5 rings (SSSR count). The Morgan fingerprint density at radius 1 is 0.567 bits per heavy atom. The van der Waals surface area contributed by atoms with E-state index in [4.69, 9.17) is 0 Å². The van der Waals surface area contributed by atoms with Crippen LogP contribution in [0.5, 0.6) is 0 Å². The molecule has 5 aromatic rings. The molecular weight excluding hydrogens is 372 g/mol. The Balaban J connectivity index is 1.74. The highest BCUT2D eigenvalue weighted by Gasteiger charge is 2.10. The number of hydrogen-bond acceptors (Lipinski definition) is 2. The quantitative estimate of drug-likeness (QED) is 0.399. The number of H-pyrrole nitrogens is 2. The van der Waals surface area contributed by atoms with Crippen molar-refractivity contribution in [3.05, 3.63) is 104 Å². The van der Waals surface area contributed by atoms with Crippen molar-refractivity contribution in [2.24, 2.45) is 0 Å². The molecule has 0 saturated carbocycles. The Morgan fingerprint density at radius 3 is 1.40 bits per heavy atom. The van der Waals surface area contributed by atoms with E-state index in [1.54, 1.807) is 24.3 Å². The van der Waals surface area contributed by atoms with Crippen LogP contribution in [0.15, 0.2) is 82.4 Å². The van der Waals surface area contributed by atoms with Crippen molar-refractivity contribution in [1.29, 1.82) is 0 Å². The summed E-state index contributed by atoms with van der Waals surface area (Å²) in [5.41, 5.74) is 6.75. The van der Waals surface area contributed by atoms with Gasteiger partial charge >= 0.3 is 0 Å². The Kier molecular flexibility index (Phi) is 4.14. The molecule has 0 aliphatic carbocycles. The monoisotopic (exact) mass is 392 g/mol. The van der Waals surface area contributed by atoms with Crippen molar-refractivity contribution in [2.45, 2.75) is 13.8 Å². The molecule has 146 valence electrons. The van der Waals surface area contributed by atoms with Gasteiger partial charge in [0.25, 0.3) is 0 Å². The maximum absolute atomic E-state index is 12.9. The summed E-state index contributed by atoms with van der Waals surface area (Å²) in [6.45, 7) is 4.03. The molecule has 0 saturated heterocycles. The zero-order chi connectivity index (χ0) is 20.8. The number of rotatable bonds is 2. The zero-order valence-electron chi connectivity index (χ0n) is 16.7. The van der Waals surface area contributed by atoms with E-state index in [0.717, 1.165) is 33.6 Å². The molecule has 4 heteroatoms. The minimum Gasteiger partial charge on any atom is -0.354 e. The van der Waals surface area contributed by atoms with E-state index in [0.29, 0.717) is 21.8 Å². The molecule has 0 radical (unpaired) electrons. The van der Waals surface area contributed by atoms with Gasteiger partial charge in [-0.05, 0) is 49.2 Å². The van der Waals surface area contributed by atoms with E-state index >= 15 is 0 Å². The highest BCUT2D eigenvalue weighted by Crippen LogP contribution is 2.24. The molecule has 2 heterocycles. The van der Waals surface area contributed by atoms with E-state index in [1.807, 2.05) is 62.4 Å². The van der Waals surface area contributed by atoms with Gasteiger partial charge in [-0.25, -0.2) is 0 Å². The molecule has 0 aliphatic rings. The van der Waals surface area contributed by atoms with E-state index in [9.17, 15) is 9.59 Å². The summed E-state index contributed by atoms with van der Waals surface area (Å²) in [5.74, 6) is 0. The Labute approximate surface area is 172 Å². The van der Waals surface area contributed by atoms with E-state index in [1.165, 1.54) is 0 Å². The summed E-state index contributed by atoms with van der Waals surface area (Å²) in [6, 6.07) is 22.7. The van der Waals surface area contributed by atoms with Gasteiger partial charge in [0.15, 0.2) is 10.9 Å². The molecule has 4 nitrogen and oxygen atoms in total. The predicted octanol–water partition coefficient (Wildman–Crippen LogP) is 5.32. The van der Waals surface area contributed by atoms with Crippen molar-refractivity contribution >= 4 is 21.8 Å². The number of hydrogen-bond donors (Lipinski definition) is 2. The van der Waals surface area contributed by atoms with Gasteiger partial charge in [0.2, 0.25) is 0 Å². The summed E-state index contributed by atoms with van der Waals surface area (Å²) in [7, 11) is 0. The maximum Gasteiger partial charge on any atom is 0.190 e. The highest BCUT2D eigenvalue weighted by molar-refractivity contribution is 5.96. The number of aryl methyl sites for hydroxylation is 2. The molecule has 0 bridgehead atoms. The van der Waals surface area contributed by atoms with Crippen molar-refractivity contribution in [1.82, 2.24) is 9.97 Å². The van der Waals surface area contributed by atoms with E-state index < -0.39 is 0 Å². The van der Waals surface area contributed by atoms with Crippen LogP contribution in [0.25, 0.3) is 44.3 Å². The molecule has 0 fully saturated rings. The van der Waals surface area contributed by atoms with Crippen LogP contribution in [0.1, 0.15) is 11.1 Å². The average Bonchev–Trinajstić information content (AvgIpc) is 2.73. The summed E-state index contributed by atoms with van der Waals surface area (Å²) in [5, 5.41) is 1.10. The fourth-order valence-corrected chi connectivity index (χ4v) is 3.93. The second-order valence-corrected chi connectivity index (χ2v) is 7.78. The molecule has 30 heavy (non-hydrogen) atoms.